The monoisotopic (exact) mass is 271 g/mol. The standard InChI is InChI=1S/C10H10BrNO3/c1-15-8-3-2-6(11)5-4-7(10(13)14)12-9(5)8/h2-3,7,12H,4H2,1H3,(H,13,14)/t7-/m0/s1. The van der Waals surface area contributed by atoms with Crippen LogP contribution in [0.3, 0.4) is 0 Å². The van der Waals surface area contributed by atoms with Gasteiger partial charge in [0.05, 0.1) is 12.8 Å². The predicted octanol–water partition coefficient (Wildman–Crippen LogP) is 1.88. The summed E-state index contributed by atoms with van der Waals surface area (Å²) in [4.78, 5) is 10.9. The van der Waals surface area contributed by atoms with Crippen molar-refractivity contribution in [3.63, 3.8) is 0 Å². The van der Waals surface area contributed by atoms with Crippen LogP contribution >= 0.6 is 15.9 Å². The Balaban J connectivity index is 2.43. The number of hydrogen-bond acceptors (Lipinski definition) is 3. The zero-order valence-corrected chi connectivity index (χ0v) is 9.67. The number of ether oxygens (including phenoxy) is 1. The zero-order valence-electron chi connectivity index (χ0n) is 8.08. The highest BCUT2D eigenvalue weighted by Crippen LogP contribution is 2.39. The van der Waals surface area contributed by atoms with E-state index < -0.39 is 12.0 Å². The number of nitrogens with one attached hydrogen (secondary N) is 1. The van der Waals surface area contributed by atoms with Gasteiger partial charge in [-0.3, -0.25) is 0 Å². The Kier molecular flexibility index (Phi) is 2.56. The number of hydrogen-bond donors (Lipinski definition) is 2. The van der Waals surface area contributed by atoms with Crippen molar-refractivity contribution in [2.24, 2.45) is 0 Å². The first-order chi connectivity index (χ1) is 7.13. The quantitative estimate of drug-likeness (QED) is 0.863. The maximum atomic E-state index is 10.9. The van der Waals surface area contributed by atoms with Gasteiger partial charge < -0.3 is 15.2 Å². The molecule has 0 unspecified atom stereocenters. The van der Waals surface area contributed by atoms with E-state index in [4.69, 9.17) is 9.84 Å². The van der Waals surface area contributed by atoms with Gasteiger partial charge in [-0.2, -0.15) is 0 Å². The van der Waals surface area contributed by atoms with Crippen LogP contribution < -0.4 is 10.1 Å². The molecule has 2 N–H and O–H groups in total. The second-order valence-corrected chi connectivity index (χ2v) is 4.20. The SMILES string of the molecule is COc1ccc(Br)c2c1N[C@H](C(=O)O)C2. The Labute approximate surface area is 95.4 Å². The van der Waals surface area contributed by atoms with Crippen molar-refractivity contribution in [2.45, 2.75) is 12.5 Å². The Morgan fingerprint density at radius 3 is 3.00 bits per heavy atom. The number of benzene rings is 1. The summed E-state index contributed by atoms with van der Waals surface area (Å²) in [6.07, 6.45) is 0.475. The summed E-state index contributed by atoms with van der Waals surface area (Å²) in [6.45, 7) is 0. The second kappa shape index (κ2) is 3.73. The minimum Gasteiger partial charge on any atom is -0.495 e. The van der Waals surface area contributed by atoms with Crippen LogP contribution in [0.5, 0.6) is 5.75 Å². The zero-order chi connectivity index (χ0) is 11.0. The number of methoxy groups -OCH3 is 1. The number of anilines is 1. The molecule has 0 spiro atoms. The van der Waals surface area contributed by atoms with Crippen LogP contribution in [0.2, 0.25) is 0 Å². The van der Waals surface area contributed by atoms with Gasteiger partial charge in [0.1, 0.15) is 11.8 Å². The molecule has 0 bridgehead atoms. The van der Waals surface area contributed by atoms with E-state index in [1.165, 1.54) is 0 Å². The average Bonchev–Trinajstić information content (AvgIpc) is 2.64. The molecule has 0 aliphatic carbocycles. The van der Waals surface area contributed by atoms with Gasteiger partial charge in [0.15, 0.2) is 0 Å². The van der Waals surface area contributed by atoms with Crippen molar-refractivity contribution in [3.8, 4) is 5.75 Å². The van der Waals surface area contributed by atoms with Gasteiger partial charge in [-0.25, -0.2) is 4.79 Å². The molecule has 0 saturated carbocycles. The van der Waals surface area contributed by atoms with E-state index >= 15 is 0 Å². The minimum atomic E-state index is -0.847. The molecule has 2 rings (SSSR count). The largest absolute Gasteiger partial charge is 0.495 e. The molecule has 80 valence electrons. The molecule has 0 saturated heterocycles. The summed E-state index contributed by atoms with van der Waals surface area (Å²) < 4.78 is 6.08. The van der Waals surface area contributed by atoms with Crippen LogP contribution in [0.1, 0.15) is 5.56 Å². The van der Waals surface area contributed by atoms with Gasteiger partial charge in [0.2, 0.25) is 0 Å². The molecule has 1 atom stereocenters. The van der Waals surface area contributed by atoms with Gasteiger partial charge in [-0.1, -0.05) is 15.9 Å². The summed E-state index contributed by atoms with van der Waals surface area (Å²) in [6, 6.07) is 3.11. The Morgan fingerprint density at radius 1 is 1.67 bits per heavy atom. The lowest BCUT2D eigenvalue weighted by molar-refractivity contribution is -0.137. The van der Waals surface area contributed by atoms with Crippen LogP contribution in [0.25, 0.3) is 0 Å². The van der Waals surface area contributed by atoms with E-state index in [9.17, 15) is 4.79 Å². The van der Waals surface area contributed by atoms with E-state index in [0.29, 0.717) is 12.2 Å². The molecule has 0 fully saturated rings. The first-order valence-electron chi connectivity index (χ1n) is 4.48. The van der Waals surface area contributed by atoms with E-state index in [0.717, 1.165) is 15.7 Å². The van der Waals surface area contributed by atoms with Gasteiger partial charge in [0.25, 0.3) is 0 Å². The molecule has 1 aromatic carbocycles. The highest BCUT2D eigenvalue weighted by atomic mass is 79.9. The summed E-state index contributed by atoms with van der Waals surface area (Å²) in [7, 11) is 1.57. The second-order valence-electron chi connectivity index (χ2n) is 3.34. The number of carboxylic acid groups (broad SMARTS) is 1. The summed E-state index contributed by atoms with van der Waals surface area (Å²) >= 11 is 3.40. The number of carbonyl (C=O) groups is 1. The lowest BCUT2D eigenvalue weighted by Gasteiger charge is -2.09. The molecule has 0 aromatic heterocycles. The topological polar surface area (TPSA) is 58.6 Å². The summed E-state index contributed by atoms with van der Waals surface area (Å²) in [5.74, 6) is -0.169. The van der Waals surface area contributed by atoms with E-state index in [1.807, 2.05) is 6.07 Å². The molecular weight excluding hydrogens is 262 g/mol. The lowest BCUT2D eigenvalue weighted by atomic mass is 10.1. The van der Waals surface area contributed by atoms with Crippen molar-refractivity contribution >= 4 is 27.6 Å². The number of rotatable bonds is 2. The Bertz CT molecular complexity index is 419. The maximum Gasteiger partial charge on any atom is 0.326 e. The van der Waals surface area contributed by atoms with E-state index in [2.05, 4.69) is 21.2 Å². The fraction of sp³-hybridized carbons (Fsp3) is 0.300. The van der Waals surface area contributed by atoms with Crippen LogP contribution in [0.4, 0.5) is 5.69 Å². The third kappa shape index (κ3) is 1.67. The molecule has 5 heteroatoms. The smallest absolute Gasteiger partial charge is 0.326 e. The number of halogens is 1. The first-order valence-corrected chi connectivity index (χ1v) is 5.27. The number of carboxylic acids is 1. The van der Waals surface area contributed by atoms with Gasteiger partial charge >= 0.3 is 5.97 Å². The van der Waals surface area contributed by atoms with E-state index in [-0.39, 0.29) is 0 Å². The van der Waals surface area contributed by atoms with Gasteiger partial charge in [-0.15, -0.1) is 0 Å². The molecular formula is C10H10BrNO3. The normalized spacial score (nSPS) is 18.1. The number of aliphatic carboxylic acids is 1. The highest BCUT2D eigenvalue weighted by molar-refractivity contribution is 9.10. The Morgan fingerprint density at radius 2 is 2.40 bits per heavy atom. The maximum absolute atomic E-state index is 10.9. The summed E-state index contributed by atoms with van der Waals surface area (Å²) in [5, 5.41) is 11.9. The van der Waals surface area contributed by atoms with Gasteiger partial charge in [0, 0.05) is 10.9 Å². The van der Waals surface area contributed by atoms with Crippen LogP contribution in [0.15, 0.2) is 16.6 Å². The third-order valence-electron chi connectivity index (χ3n) is 2.46. The molecule has 1 aliphatic rings. The molecule has 1 aromatic rings. The van der Waals surface area contributed by atoms with Crippen molar-refractivity contribution in [1.29, 1.82) is 0 Å². The third-order valence-corrected chi connectivity index (χ3v) is 3.21. The van der Waals surface area contributed by atoms with Crippen LogP contribution in [0, 0.1) is 0 Å². The molecule has 15 heavy (non-hydrogen) atoms. The first kappa shape index (κ1) is 10.3. The lowest BCUT2D eigenvalue weighted by Crippen LogP contribution is -2.26. The molecule has 1 heterocycles. The molecule has 0 radical (unpaired) electrons. The van der Waals surface area contributed by atoms with Crippen molar-refractivity contribution in [1.82, 2.24) is 0 Å². The molecule has 1 aliphatic heterocycles. The van der Waals surface area contributed by atoms with Crippen LogP contribution in [-0.4, -0.2) is 24.2 Å². The van der Waals surface area contributed by atoms with Crippen molar-refractivity contribution in [3.05, 3.63) is 22.2 Å². The molecule has 0 amide bonds. The van der Waals surface area contributed by atoms with E-state index in [1.54, 1.807) is 13.2 Å². The van der Waals surface area contributed by atoms with Crippen molar-refractivity contribution in [2.75, 3.05) is 12.4 Å². The van der Waals surface area contributed by atoms with Crippen molar-refractivity contribution < 1.29 is 14.6 Å². The predicted molar refractivity (Wildman–Crippen MR) is 59.4 cm³/mol. The fourth-order valence-corrected chi connectivity index (χ4v) is 2.20. The van der Waals surface area contributed by atoms with Crippen LogP contribution in [-0.2, 0) is 11.2 Å². The molecule has 4 nitrogen and oxygen atoms in total. The highest BCUT2D eigenvalue weighted by Gasteiger charge is 2.30. The number of fused-ring (bicyclic) bond motifs is 1. The summed E-state index contributed by atoms with van der Waals surface area (Å²) in [5.41, 5.74) is 1.74. The Hall–Kier alpha value is -1.23. The fourth-order valence-electron chi connectivity index (χ4n) is 1.71. The minimum absolute atomic E-state index is 0.475. The average molecular weight is 272 g/mol. The van der Waals surface area contributed by atoms with Gasteiger partial charge in [-0.05, 0) is 17.7 Å².